The third-order valence-corrected chi connectivity index (χ3v) is 8.17. The fourth-order valence-electron chi connectivity index (χ4n) is 5.62. The van der Waals surface area contributed by atoms with Gasteiger partial charge in [-0.15, -0.1) is 0 Å². The number of H-pyrrole nitrogens is 1. The van der Waals surface area contributed by atoms with E-state index in [4.69, 9.17) is 11.5 Å². The maximum absolute atomic E-state index is 13.6. The van der Waals surface area contributed by atoms with Crippen molar-refractivity contribution in [2.75, 3.05) is 25.0 Å². The van der Waals surface area contributed by atoms with Crippen molar-refractivity contribution in [2.24, 2.45) is 23.3 Å². The SMILES string of the molecule is NCCNC(=O)c1ccc(-c2cccc(C[C@H](NC(=O)C3CCC(CN)CC3)C(=O)Nc3ccc4cn[nH]c4c3)c2)cc1. The van der Waals surface area contributed by atoms with Crippen molar-refractivity contribution in [3.8, 4) is 11.1 Å². The van der Waals surface area contributed by atoms with Crippen molar-refractivity contribution in [3.63, 3.8) is 0 Å². The Bertz CT molecular complexity index is 1560. The van der Waals surface area contributed by atoms with Crippen molar-refractivity contribution in [1.29, 1.82) is 0 Å². The summed E-state index contributed by atoms with van der Waals surface area (Å²) < 4.78 is 0. The summed E-state index contributed by atoms with van der Waals surface area (Å²) in [7, 11) is 0. The third kappa shape index (κ3) is 7.65. The third-order valence-electron chi connectivity index (χ3n) is 8.17. The molecule has 0 unspecified atom stereocenters. The second kappa shape index (κ2) is 14.1. The van der Waals surface area contributed by atoms with Crippen LogP contribution in [0.3, 0.4) is 0 Å². The lowest BCUT2D eigenvalue weighted by molar-refractivity contribution is -0.130. The largest absolute Gasteiger partial charge is 0.351 e. The highest BCUT2D eigenvalue weighted by molar-refractivity contribution is 5.99. The number of aromatic nitrogens is 2. The van der Waals surface area contributed by atoms with E-state index in [1.54, 1.807) is 18.3 Å². The molecule has 3 amide bonds. The molecule has 3 aromatic carbocycles. The Morgan fingerprint density at radius 3 is 2.47 bits per heavy atom. The maximum atomic E-state index is 13.6. The lowest BCUT2D eigenvalue weighted by Gasteiger charge is -2.28. The summed E-state index contributed by atoms with van der Waals surface area (Å²) in [5.41, 5.74) is 16.1. The summed E-state index contributed by atoms with van der Waals surface area (Å²) in [5.74, 6) is -0.233. The van der Waals surface area contributed by atoms with E-state index in [-0.39, 0.29) is 23.6 Å². The fraction of sp³-hybridized carbons (Fsp3) is 0.333. The summed E-state index contributed by atoms with van der Waals surface area (Å²) >= 11 is 0. The number of hydrogen-bond donors (Lipinski definition) is 6. The van der Waals surface area contributed by atoms with Crippen LogP contribution in [0, 0.1) is 11.8 Å². The molecule has 43 heavy (non-hydrogen) atoms. The molecule has 1 heterocycles. The molecule has 1 saturated carbocycles. The molecule has 1 atom stereocenters. The lowest BCUT2D eigenvalue weighted by Crippen LogP contribution is -2.48. The van der Waals surface area contributed by atoms with Crippen LogP contribution >= 0.6 is 0 Å². The van der Waals surface area contributed by atoms with Crippen LogP contribution in [-0.4, -0.2) is 53.6 Å². The molecule has 1 aromatic heterocycles. The molecule has 4 aromatic rings. The number of carbonyl (C=O) groups excluding carboxylic acids is 3. The summed E-state index contributed by atoms with van der Waals surface area (Å²) in [5, 5.41) is 16.7. The topological polar surface area (TPSA) is 168 Å². The van der Waals surface area contributed by atoms with Crippen LogP contribution in [0.25, 0.3) is 22.0 Å². The quantitative estimate of drug-likeness (QED) is 0.159. The summed E-state index contributed by atoms with van der Waals surface area (Å²) in [6.07, 6.45) is 5.43. The molecular weight excluding hydrogens is 542 g/mol. The van der Waals surface area contributed by atoms with E-state index in [9.17, 15) is 14.4 Å². The Hall–Kier alpha value is -4.54. The highest BCUT2D eigenvalue weighted by Crippen LogP contribution is 2.29. The van der Waals surface area contributed by atoms with Gasteiger partial charge in [-0.2, -0.15) is 5.10 Å². The van der Waals surface area contributed by atoms with Crippen molar-refractivity contribution in [3.05, 3.63) is 84.1 Å². The van der Waals surface area contributed by atoms with Crippen LogP contribution in [0.15, 0.2) is 72.9 Å². The van der Waals surface area contributed by atoms with Crippen LogP contribution in [-0.2, 0) is 16.0 Å². The van der Waals surface area contributed by atoms with E-state index in [0.29, 0.717) is 43.2 Å². The molecule has 10 nitrogen and oxygen atoms in total. The second-order valence-electron chi connectivity index (χ2n) is 11.2. The molecular formula is C33H39N7O3. The van der Waals surface area contributed by atoms with Crippen LogP contribution < -0.4 is 27.4 Å². The van der Waals surface area contributed by atoms with E-state index in [1.807, 2.05) is 54.6 Å². The van der Waals surface area contributed by atoms with Gasteiger partial charge in [-0.25, -0.2) is 0 Å². The van der Waals surface area contributed by atoms with Gasteiger partial charge in [0.05, 0.1) is 11.7 Å². The number of nitrogens with two attached hydrogens (primary N) is 2. The van der Waals surface area contributed by atoms with E-state index in [2.05, 4.69) is 26.1 Å². The van der Waals surface area contributed by atoms with Gasteiger partial charge in [0.15, 0.2) is 0 Å². The van der Waals surface area contributed by atoms with E-state index in [1.165, 1.54) is 0 Å². The number of aromatic amines is 1. The predicted octanol–water partition coefficient (Wildman–Crippen LogP) is 3.35. The first kappa shape index (κ1) is 29.9. The molecule has 1 aliphatic carbocycles. The number of hydrogen-bond acceptors (Lipinski definition) is 6. The molecule has 10 heteroatoms. The van der Waals surface area contributed by atoms with Crippen LogP contribution in [0.2, 0.25) is 0 Å². The first-order chi connectivity index (χ1) is 20.9. The first-order valence-corrected chi connectivity index (χ1v) is 14.9. The predicted molar refractivity (Wildman–Crippen MR) is 168 cm³/mol. The molecule has 0 spiro atoms. The minimum absolute atomic E-state index is 0.0979. The van der Waals surface area contributed by atoms with Gasteiger partial charge in [-0.1, -0.05) is 36.4 Å². The number of carbonyl (C=O) groups is 3. The molecule has 0 radical (unpaired) electrons. The average molecular weight is 582 g/mol. The zero-order valence-electron chi connectivity index (χ0n) is 24.1. The lowest BCUT2D eigenvalue weighted by atomic mass is 9.81. The average Bonchev–Trinajstić information content (AvgIpc) is 3.51. The van der Waals surface area contributed by atoms with Crippen LogP contribution in [0.4, 0.5) is 5.69 Å². The fourth-order valence-corrected chi connectivity index (χ4v) is 5.62. The Kier molecular flexibility index (Phi) is 9.81. The molecule has 0 saturated heterocycles. The van der Waals surface area contributed by atoms with E-state index >= 15 is 0 Å². The van der Waals surface area contributed by atoms with Gasteiger partial charge in [-0.05, 0) is 85.2 Å². The van der Waals surface area contributed by atoms with Crippen molar-refractivity contribution in [2.45, 2.75) is 38.1 Å². The van der Waals surface area contributed by atoms with Gasteiger partial charge in [0.25, 0.3) is 5.91 Å². The number of amides is 3. The van der Waals surface area contributed by atoms with Gasteiger partial charge in [0.1, 0.15) is 6.04 Å². The van der Waals surface area contributed by atoms with Gasteiger partial charge in [0.2, 0.25) is 11.8 Å². The monoisotopic (exact) mass is 581 g/mol. The summed E-state index contributed by atoms with van der Waals surface area (Å²) in [6, 6.07) is 20.0. The smallest absolute Gasteiger partial charge is 0.251 e. The highest BCUT2D eigenvalue weighted by Gasteiger charge is 2.29. The molecule has 1 fully saturated rings. The van der Waals surface area contributed by atoms with Crippen molar-refractivity contribution < 1.29 is 14.4 Å². The van der Waals surface area contributed by atoms with E-state index < -0.39 is 6.04 Å². The number of anilines is 1. The summed E-state index contributed by atoms with van der Waals surface area (Å²) in [6.45, 7) is 1.44. The van der Waals surface area contributed by atoms with Crippen LogP contribution in [0.1, 0.15) is 41.6 Å². The molecule has 224 valence electrons. The molecule has 0 aliphatic heterocycles. The minimum Gasteiger partial charge on any atom is -0.351 e. The van der Waals surface area contributed by atoms with E-state index in [0.717, 1.165) is 53.3 Å². The van der Waals surface area contributed by atoms with Crippen molar-refractivity contribution in [1.82, 2.24) is 20.8 Å². The first-order valence-electron chi connectivity index (χ1n) is 14.9. The zero-order valence-corrected chi connectivity index (χ0v) is 24.1. The Morgan fingerprint density at radius 1 is 0.930 bits per heavy atom. The molecule has 1 aliphatic rings. The number of rotatable bonds is 11. The van der Waals surface area contributed by atoms with Gasteiger partial charge in [-0.3, -0.25) is 19.5 Å². The Labute approximate surface area is 251 Å². The standard InChI is InChI=1S/C33H39N7O3/c34-14-15-36-31(41)24-10-8-23(9-11-24)26-3-1-2-22(16-26)17-30(39-32(42)25-6-4-21(19-35)5-7-25)33(43)38-28-13-12-27-20-37-40-29(27)18-28/h1-3,8-13,16,18,20-21,25,30H,4-7,14-15,17,19,34-35H2,(H,36,41)(H,37,40)(H,38,43)(H,39,42)/t21?,25?,30-/m0/s1. The Morgan fingerprint density at radius 2 is 1.72 bits per heavy atom. The van der Waals surface area contributed by atoms with Gasteiger partial charge >= 0.3 is 0 Å². The number of benzene rings is 3. The minimum atomic E-state index is -0.777. The number of fused-ring (bicyclic) bond motifs is 1. The van der Waals surface area contributed by atoms with Crippen LogP contribution in [0.5, 0.6) is 0 Å². The molecule has 5 rings (SSSR count). The zero-order chi connectivity index (χ0) is 30.2. The van der Waals surface area contributed by atoms with Crippen molar-refractivity contribution >= 4 is 34.3 Å². The highest BCUT2D eigenvalue weighted by atomic mass is 16.2. The molecule has 0 bridgehead atoms. The molecule has 8 N–H and O–H groups in total. The van der Waals surface area contributed by atoms with Gasteiger partial charge < -0.3 is 27.4 Å². The number of nitrogens with one attached hydrogen (secondary N) is 4. The van der Waals surface area contributed by atoms with Gasteiger partial charge in [0, 0.05) is 42.1 Å². The Balaban J connectivity index is 1.33. The second-order valence-corrected chi connectivity index (χ2v) is 11.2. The normalized spacial score (nSPS) is 17.3. The summed E-state index contributed by atoms with van der Waals surface area (Å²) in [4.78, 5) is 39.2. The number of nitrogens with zero attached hydrogens (tertiary/aromatic N) is 1. The maximum Gasteiger partial charge on any atom is 0.251 e.